The number of urea groups is 1. The van der Waals surface area contributed by atoms with Crippen molar-refractivity contribution in [1.82, 2.24) is 20.5 Å². The van der Waals surface area contributed by atoms with Crippen molar-refractivity contribution < 1.29 is 9.21 Å². The molecule has 0 aromatic carbocycles. The zero-order chi connectivity index (χ0) is 19.2. The van der Waals surface area contributed by atoms with E-state index in [0.29, 0.717) is 6.54 Å². The van der Waals surface area contributed by atoms with Crippen LogP contribution < -0.4 is 15.5 Å². The van der Waals surface area contributed by atoms with E-state index in [9.17, 15) is 4.79 Å². The van der Waals surface area contributed by atoms with Crippen LogP contribution >= 0.6 is 0 Å². The number of anilines is 1. The standard InChI is InChI=1S/C21H29N5O2/c27-21(23-16-18(19-6-5-15-28-19)25-11-3-4-12-25)24-17-8-13-26(14-9-17)20-7-1-2-10-22-20/h1-2,5-7,10,15,17-18H,3-4,8-9,11-14,16H2,(H2,23,24,27). The lowest BCUT2D eigenvalue weighted by Crippen LogP contribution is -2.49. The Morgan fingerprint density at radius 2 is 1.96 bits per heavy atom. The number of amides is 2. The third-order valence-electron chi connectivity index (χ3n) is 5.71. The molecule has 2 aromatic rings. The maximum atomic E-state index is 12.5. The van der Waals surface area contributed by atoms with Gasteiger partial charge in [0, 0.05) is 31.9 Å². The molecule has 4 rings (SSSR count). The van der Waals surface area contributed by atoms with E-state index in [1.54, 1.807) is 6.26 Å². The Balaban J connectivity index is 1.24. The summed E-state index contributed by atoms with van der Waals surface area (Å²) in [6, 6.07) is 10.1. The summed E-state index contributed by atoms with van der Waals surface area (Å²) in [4.78, 5) is 21.5. The molecule has 2 aromatic heterocycles. The van der Waals surface area contributed by atoms with E-state index >= 15 is 0 Å². The van der Waals surface area contributed by atoms with E-state index < -0.39 is 0 Å². The number of rotatable bonds is 6. The maximum Gasteiger partial charge on any atom is 0.315 e. The SMILES string of the molecule is O=C(NCC(c1ccco1)N1CCCC1)NC1CCN(c2ccccn2)CC1. The Morgan fingerprint density at radius 3 is 2.64 bits per heavy atom. The average molecular weight is 383 g/mol. The van der Waals surface area contributed by atoms with Crippen molar-refractivity contribution in [1.29, 1.82) is 0 Å². The molecule has 2 aliphatic heterocycles. The summed E-state index contributed by atoms with van der Waals surface area (Å²) in [7, 11) is 0. The Labute approximate surface area is 166 Å². The summed E-state index contributed by atoms with van der Waals surface area (Å²) in [5, 5.41) is 6.20. The molecule has 28 heavy (non-hydrogen) atoms. The van der Waals surface area contributed by atoms with E-state index in [4.69, 9.17) is 4.42 Å². The smallest absolute Gasteiger partial charge is 0.315 e. The molecule has 1 atom stereocenters. The monoisotopic (exact) mass is 383 g/mol. The third-order valence-corrected chi connectivity index (χ3v) is 5.71. The van der Waals surface area contributed by atoms with Gasteiger partial charge in [-0.25, -0.2) is 9.78 Å². The summed E-state index contributed by atoms with van der Waals surface area (Å²) >= 11 is 0. The molecule has 0 bridgehead atoms. The van der Waals surface area contributed by atoms with Gasteiger partial charge in [0.15, 0.2) is 0 Å². The van der Waals surface area contributed by atoms with Gasteiger partial charge < -0.3 is 20.0 Å². The van der Waals surface area contributed by atoms with Crippen LogP contribution in [0.15, 0.2) is 47.2 Å². The Hall–Kier alpha value is -2.54. The summed E-state index contributed by atoms with van der Waals surface area (Å²) in [6.45, 7) is 4.49. The molecule has 0 saturated carbocycles. The fraction of sp³-hybridized carbons (Fsp3) is 0.524. The van der Waals surface area contributed by atoms with Crippen LogP contribution in [0.5, 0.6) is 0 Å². The molecule has 7 heteroatoms. The van der Waals surface area contributed by atoms with Gasteiger partial charge in [0.25, 0.3) is 0 Å². The topological polar surface area (TPSA) is 73.6 Å². The fourth-order valence-electron chi connectivity index (χ4n) is 4.16. The molecular formula is C21H29N5O2. The molecule has 2 fully saturated rings. The van der Waals surface area contributed by atoms with Crippen molar-refractivity contribution in [3.8, 4) is 0 Å². The molecule has 0 radical (unpaired) electrons. The first-order chi connectivity index (χ1) is 13.8. The van der Waals surface area contributed by atoms with Crippen LogP contribution in [0.3, 0.4) is 0 Å². The molecule has 2 amide bonds. The number of likely N-dealkylation sites (tertiary alicyclic amines) is 1. The number of hydrogen-bond donors (Lipinski definition) is 2. The molecule has 2 N–H and O–H groups in total. The predicted octanol–water partition coefficient (Wildman–Crippen LogP) is 2.78. The van der Waals surface area contributed by atoms with Gasteiger partial charge in [-0.1, -0.05) is 6.07 Å². The van der Waals surface area contributed by atoms with Crippen LogP contribution in [0.25, 0.3) is 0 Å². The van der Waals surface area contributed by atoms with E-state index in [-0.39, 0.29) is 18.1 Å². The molecule has 4 heterocycles. The number of piperidine rings is 1. The molecule has 1 unspecified atom stereocenters. The second-order valence-corrected chi connectivity index (χ2v) is 7.58. The normalized spacial score (nSPS) is 19.5. The van der Waals surface area contributed by atoms with Crippen LogP contribution in [0, 0.1) is 0 Å². The van der Waals surface area contributed by atoms with Crippen molar-refractivity contribution in [2.45, 2.75) is 37.8 Å². The average Bonchev–Trinajstić information content (AvgIpc) is 3.44. The van der Waals surface area contributed by atoms with E-state index in [1.165, 1.54) is 12.8 Å². The van der Waals surface area contributed by atoms with E-state index in [1.807, 2.05) is 36.5 Å². The highest BCUT2D eigenvalue weighted by atomic mass is 16.3. The van der Waals surface area contributed by atoms with Crippen molar-refractivity contribution in [3.05, 3.63) is 48.6 Å². The van der Waals surface area contributed by atoms with Crippen LogP contribution in [-0.2, 0) is 0 Å². The van der Waals surface area contributed by atoms with Gasteiger partial charge in [-0.15, -0.1) is 0 Å². The highest BCUT2D eigenvalue weighted by molar-refractivity contribution is 5.74. The minimum absolute atomic E-state index is 0.0907. The zero-order valence-corrected chi connectivity index (χ0v) is 16.2. The molecular weight excluding hydrogens is 354 g/mol. The van der Waals surface area contributed by atoms with Crippen molar-refractivity contribution in [2.75, 3.05) is 37.6 Å². The predicted molar refractivity (Wildman–Crippen MR) is 108 cm³/mol. The lowest BCUT2D eigenvalue weighted by Gasteiger charge is -2.33. The third kappa shape index (κ3) is 4.65. The number of carbonyl (C=O) groups is 1. The lowest BCUT2D eigenvalue weighted by atomic mass is 10.1. The highest BCUT2D eigenvalue weighted by Gasteiger charge is 2.27. The first-order valence-electron chi connectivity index (χ1n) is 10.3. The number of nitrogens with zero attached hydrogens (tertiary/aromatic N) is 3. The number of pyridine rings is 1. The number of hydrogen-bond acceptors (Lipinski definition) is 5. The van der Waals surface area contributed by atoms with Crippen molar-refractivity contribution >= 4 is 11.8 Å². The lowest BCUT2D eigenvalue weighted by molar-refractivity contribution is 0.201. The number of aromatic nitrogens is 1. The molecule has 7 nitrogen and oxygen atoms in total. The quantitative estimate of drug-likeness (QED) is 0.802. The zero-order valence-electron chi connectivity index (χ0n) is 16.2. The number of nitrogens with one attached hydrogen (secondary N) is 2. The second kappa shape index (κ2) is 9.10. The second-order valence-electron chi connectivity index (χ2n) is 7.58. The van der Waals surface area contributed by atoms with Crippen molar-refractivity contribution in [2.24, 2.45) is 0 Å². The molecule has 0 aliphatic carbocycles. The van der Waals surface area contributed by atoms with Gasteiger partial charge in [-0.2, -0.15) is 0 Å². The Kier molecular flexibility index (Phi) is 6.11. The summed E-state index contributed by atoms with van der Waals surface area (Å²) in [6.07, 6.45) is 7.79. The molecule has 150 valence electrons. The highest BCUT2D eigenvalue weighted by Crippen LogP contribution is 2.25. The van der Waals surface area contributed by atoms with Crippen LogP contribution in [-0.4, -0.2) is 54.7 Å². The van der Waals surface area contributed by atoms with Gasteiger partial charge >= 0.3 is 6.03 Å². The number of furan rings is 1. The van der Waals surface area contributed by atoms with E-state index in [2.05, 4.69) is 25.4 Å². The number of carbonyl (C=O) groups excluding carboxylic acids is 1. The van der Waals surface area contributed by atoms with Crippen LogP contribution in [0.1, 0.15) is 37.5 Å². The summed E-state index contributed by atoms with van der Waals surface area (Å²) in [5.74, 6) is 1.93. The minimum Gasteiger partial charge on any atom is -0.468 e. The first kappa shape index (κ1) is 18.8. The first-order valence-corrected chi connectivity index (χ1v) is 10.3. The van der Waals surface area contributed by atoms with Gasteiger partial charge in [-0.05, 0) is 63.0 Å². The van der Waals surface area contributed by atoms with Crippen LogP contribution in [0.4, 0.5) is 10.6 Å². The summed E-state index contributed by atoms with van der Waals surface area (Å²) < 4.78 is 5.62. The molecule has 0 spiro atoms. The minimum atomic E-state index is -0.0907. The molecule has 2 saturated heterocycles. The Bertz CT molecular complexity index is 723. The van der Waals surface area contributed by atoms with Crippen molar-refractivity contribution in [3.63, 3.8) is 0 Å². The largest absolute Gasteiger partial charge is 0.468 e. The Morgan fingerprint density at radius 1 is 1.14 bits per heavy atom. The van der Waals surface area contributed by atoms with E-state index in [0.717, 1.165) is 50.6 Å². The van der Waals surface area contributed by atoms with Gasteiger partial charge in [0.05, 0.1) is 12.3 Å². The van der Waals surface area contributed by atoms with Crippen LogP contribution in [0.2, 0.25) is 0 Å². The van der Waals surface area contributed by atoms with Gasteiger partial charge in [-0.3, -0.25) is 4.90 Å². The maximum absolute atomic E-state index is 12.5. The van der Waals surface area contributed by atoms with Gasteiger partial charge in [0.2, 0.25) is 0 Å². The van der Waals surface area contributed by atoms with Gasteiger partial charge in [0.1, 0.15) is 11.6 Å². The fourth-order valence-corrected chi connectivity index (χ4v) is 4.16. The molecule has 2 aliphatic rings. The summed E-state index contributed by atoms with van der Waals surface area (Å²) in [5.41, 5.74) is 0.